The minimum absolute atomic E-state index is 0.123. The van der Waals surface area contributed by atoms with Crippen LogP contribution in [0.2, 0.25) is 0 Å². The van der Waals surface area contributed by atoms with Gasteiger partial charge in [0.2, 0.25) is 0 Å². The fraction of sp³-hybridized carbons (Fsp3) is 0.412. The molecule has 1 amide bonds. The molecule has 0 unspecified atom stereocenters. The predicted molar refractivity (Wildman–Crippen MR) is 87.3 cm³/mol. The van der Waals surface area contributed by atoms with Crippen LogP contribution in [0.3, 0.4) is 0 Å². The SMILES string of the molecule is Cn1cc(C(=O)NCc2ccc(N3CCCC3)nc2)c(C(F)(F)F)c1. The van der Waals surface area contributed by atoms with Crippen LogP contribution >= 0.6 is 0 Å². The quantitative estimate of drug-likeness (QED) is 0.920. The normalized spacial score (nSPS) is 14.8. The van der Waals surface area contributed by atoms with Crippen LogP contribution in [0, 0.1) is 0 Å². The molecule has 0 spiro atoms. The zero-order valence-electron chi connectivity index (χ0n) is 13.8. The highest BCUT2D eigenvalue weighted by Gasteiger charge is 2.36. The molecule has 1 fully saturated rings. The Morgan fingerprint density at radius 1 is 1.24 bits per heavy atom. The van der Waals surface area contributed by atoms with E-state index in [2.05, 4.69) is 15.2 Å². The van der Waals surface area contributed by atoms with Gasteiger partial charge < -0.3 is 14.8 Å². The van der Waals surface area contributed by atoms with E-state index in [1.54, 1.807) is 6.20 Å². The van der Waals surface area contributed by atoms with Crippen LogP contribution in [0.1, 0.15) is 34.3 Å². The van der Waals surface area contributed by atoms with Crippen LogP contribution in [0.15, 0.2) is 30.7 Å². The molecule has 1 N–H and O–H groups in total. The molecule has 25 heavy (non-hydrogen) atoms. The molecule has 5 nitrogen and oxygen atoms in total. The number of carbonyl (C=O) groups excluding carboxylic acids is 1. The Labute approximate surface area is 143 Å². The number of nitrogens with one attached hydrogen (secondary N) is 1. The average molecular weight is 352 g/mol. The summed E-state index contributed by atoms with van der Waals surface area (Å²) in [6, 6.07) is 3.70. The van der Waals surface area contributed by atoms with Crippen LogP contribution in [-0.4, -0.2) is 28.5 Å². The van der Waals surface area contributed by atoms with Gasteiger partial charge in [-0.1, -0.05) is 6.07 Å². The summed E-state index contributed by atoms with van der Waals surface area (Å²) in [6.07, 6.45) is 1.46. The topological polar surface area (TPSA) is 50.2 Å². The maximum atomic E-state index is 13.0. The minimum Gasteiger partial charge on any atom is -0.357 e. The summed E-state index contributed by atoms with van der Waals surface area (Å²) in [5, 5.41) is 2.52. The van der Waals surface area contributed by atoms with Crippen molar-refractivity contribution in [3.8, 4) is 0 Å². The maximum Gasteiger partial charge on any atom is 0.418 e. The third-order valence-electron chi connectivity index (χ3n) is 4.20. The van der Waals surface area contributed by atoms with Crippen molar-refractivity contribution in [2.24, 2.45) is 7.05 Å². The molecule has 3 heterocycles. The third-order valence-corrected chi connectivity index (χ3v) is 4.20. The fourth-order valence-electron chi connectivity index (χ4n) is 2.92. The standard InChI is InChI=1S/C17H19F3N4O/c1-23-10-13(14(11-23)17(18,19)20)16(25)22-9-12-4-5-15(21-8-12)24-6-2-3-7-24/h4-5,8,10-11H,2-3,6-7,9H2,1H3,(H,22,25). The molecular formula is C17H19F3N4O. The number of rotatable bonds is 4. The first-order valence-corrected chi connectivity index (χ1v) is 8.06. The third kappa shape index (κ3) is 3.94. The molecule has 1 aliphatic heterocycles. The van der Waals surface area contributed by atoms with Crippen molar-refractivity contribution in [2.45, 2.75) is 25.6 Å². The highest BCUT2D eigenvalue weighted by Crippen LogP contribution is 2.32. The second-order valence-corrected chi connectivity index (χ2v) is 6.15. The number of anilines is 1. The number of nitrogens with zero attached hydrogens (tertiary/aromatic N) is 3. The van der Waals surface area contributed by atoms with E-state index in [1.807, 2.05) is 12.1 Å². The second-order valence-electron chi connectivity index (χ2n) is 6.15. The van der Waals surface area contributed by atoms with E-state index in [9.17, 15) is 18.0 Å². The van der Waals surface area contributed by atoms with Crippen molar-refractivity contribution < 1.29 is 18.0 Å². The lowest BCUT2D eigenvalue weighted by Gasteiger charge is -2.16. The molecule has 2 aromatic heterocycles. The Morgan fingerprint density at radius 3 is 2.56 bits per heavy atom. The van der Waals surface area contributed by atoms with Crippen LogP contribution in [0.4, 0.5) is 19.0 Å². The summed E-state index contributed by atoms with van der Waals surface area (Å²) in [7, 11) is 1.45. The van der Waals surface area contributed by atoms with Gasteiger partial charge in [-0.15, -0.1) is 0 Å². The van der Waals surface area contributed by atoms with E-state index in [0.717, 1.165) is 43.5 Å². The molecule has 0 saturated carbocycles. The molecule has 1 aliphatic rings. The van der Waals surface area contributed by atoms with Gasteiger partial charge in [-0.05, 0) is 24.5 Å². The summed E-state index contributed by atoms with van der Waals surface area (Å²) in [5.74, 6) is 0.131. The highest BCUT2D eigenvalue weighted by atomic mass is 19.4. The molecule has 0 aliphatic carbocycles. The van der Waals surface area contributed by atoms with Crippen molar-refractivity contribution in [1.29, 1.82) is 0 Å². The van der Waals surface area contributed by atoms with Crippen molar-refractivity contribution in [3.63, 3.8) is 0 Å². The zero-order chi connectivity index (χ0) is 18.0. The highest BCUT2D eigenvalue weighted by molar-refractivity contribution is 5.95. The van der Waals surface area contributed by atoms with E-state index in [1.165, 1.54) is 17.8 Å². The van der Waals surface area contributed by atoms with Gasteiger partial charge >= 0.3 is 6.18 Å². The summed E-state index contributed by atoms with van der Waals surface area (Å²) < 4.78 is 40.1. The van der Waals surface area contributed by atoms with Crippen molar-refractivity contribution in [3.05, 3.63) is 47.4 Å². The molecular weight excluding hydrogens is 333 g/mol. The lowest BCUT2D eigenvalue weighted by molar-refractivity contribution is -0.137. The van der Waals surface area contributed by atoms with Gasteiger partial charge in [-0.25, -0.2) is 4.98 Å². The van der Waals surface area contributed by atoms with Gasteiger partial charge in [0.05, 0.1) is 11.1 Å². The first-order valence-electron chi connectivity index (χ1n) is 8.06. The van der Waals surface area contributed by atoms with Crippen LogP contribution in [0.5, 0.6) is 0 Å². The number of amides is 1. The Balaban J connectivity index is 1.64. The fourth-order valence-corrected chi connectivity index (χ4v) is 2.92. The number of pyridine rings is 1. The van der Waals surface area contributed by atoms with Crippen LogP contribution in [-0.2, 0) is 19.8 Å². The van der Waals surface area contributed by atoms with Gasteiger partial charge in [0, 0.05) is 45.3 Å². The van der Waals surface area contributed by atoms with Crippen molar-refractivity contribution in [2.75, 3.05) is 18.0 Å². The smallest absolute Gasteiger partial charge is 0.357 e. The minimum atomic E-state index is -4.56. The molecule has 1 saturated heterocycles. The number of aryl methyl sites for hydroxylation is 1. The van der Waals surface area contributed by atoms with E-state index in [4.69, 9.17) is 0 Å². The zero-order valence-corrected chi connectivity index (χ0v) is 13.8. The summed E-state index contributed by atoms with van der Waals surface area (Å²) in [6.45, 7) is 2.09. The first-order chi connectivity index (χ1) is 11.8. The molecule has 0 radical (unpaired) electrons. The van der Waals surface area contributed by atoms with Gasteiger partial charge in [0.1, 0.15) is 5.82 Å². The second kappa shape index (κ2) is 6.78. The number of halogens is 3. The summed E-state index contributed by atoms with van der Waals surface area (Å²) in [5.41, 5.74) is -0.576. The Morgan fingerprint density at radius 2 is 1.96 bits per heavy atom. The molecule has 0 aromatic carbocycles. The van der Waals surface area contributed by atoms with E-state index in [0.29, 0.717) is 0 Å². The van der Waals surface area contributed by atoms with E-state index < -0.39 is 17.6 Å². The molecule has 0 bridgehead atoms. The number of aromatic nitrogens is 2. The summed E-state index contributed by atoms with van der Waals surface area (Å²) in [4.78, 5) is 18.7. The number of hydrogen-bond donors (Lipinski definition) is 1. The maximum absolute atomic E-state index is 13.0. The Kier molecular flexibility index (Phi) is 4.69. The van der Waals surface area contributed by atoms with Crippen molar-refractivity contribution in [1.82, 2.24) is 14.9 Å². The van der Waals surface area contributed by atoms with Gasteiger partial charge in [0.15, 0.2) is 0 Å². The molecule has 2 aromatic rings. The number of carbonyl (C=O) groups is 1. The van der Waals surface area contributed by atoms with Crippen LogP contribution in [0.25, 0.3) is 0 Å². The van der Waals surface area contributed by atoms with Crippen LogP contribution < -0.4 is 10.2 Å². The lowest BCUT2D eigenvalue weighted by atomic mass is 10.1. The largest absolute Gasteiger partial charge is 0.418 e. The number of alkyl halides is 3. The lowest BCUT2D eigenvalue weighted by Crippen LogP contribution is -2.25. The number of hydrogen-bond acceptors (Lipinski definition) is 3. The predicted octanol–water partition coefficient (Wildman–Crippen LogP) is 2.97. The summed E-state index contributed by atoms with van der Waals surface area (Å²) >= 11 is 0. The Hall–Kier alpha value is -2.51. The monoisotopic (exact) mass is 352 g/mol. The van der Waals surface area contributed by atoms with Gasteiger partial charge in [-0.2, -0.15) is 13.2 Å². The molecule has 3 rings (SSSR count). The van der Waals surface area contributed by atoms with E-state index in [-0.39, 0.29) is 12.1 Å². The van der Waals surface area contributed by atoms with Crippen molar-refractivity contribution >= 4 is 11.7 Å². The molecule has 0 atom stereocenters. The van der Waals surface area contributed by atoms with Gasteiger partial charge in [0.25, 0.3) is 5.91 Å². The first kappa shape index (κ1) is 17.3. The Bertz CT molecular complexity index is 746. The average Bonchev–Trinajstić information content (AvgIpc) is 3.22. The van der Waals surface area contributed by atoms with Gasteiger partial charge in [-0.3, -0.25) is 4.79 Å². The van der Waals surface area contributed by atoms with E-state index >= 15 is 0 Å². The molecule has 134 valence electrons. The molecule has 8 heteroatoms.